The number of hydrogen-bond acceptors (Lipinski definition) is 2. The third-order valence-corrected chi connectivity index (χ3v) is 9.86. The lowest BCUT2D eigenvalue weighted by Gasteiger charge is -2.38. The molecule has 2 nitrogen and oxygen atoms in total. The first-order chi connectivity index (χ1) is 19.3. The van der Waals surface area contributed by atoms with Crippen molar-refractivity contribution in [3.63, 3.8) is 0 Å². The lowest BCUT2D eigenvalue weighted by atomic mass is 9.72. The summed E-state index contributed by atoms with van der Waals surface area (Å²) >= 11 is 0. The Labute approximate surface area is 272 Å². The maximum Gasteiger partial charge on any atom is 0.0148 e. The highest BCUT2D eigenvalue weighted by Crippen LogP contribution is 2.33. The third kappa shape index (κ3) is 31.6. The van der Waals surface area contributed by atoms with Crippen LogP contribution in [0.4, 0.5) is 0 Å². The number of hydrogen-bond donors (Lipinski definition) is 2. The molecular formula is C38H81BrN2. The first-order valence-electron chi connectivity index (χ1n) is 18.8. The van der Waals surface area contributed by atoms with Crippen LogP contribution in [-0.2, 0) is 0 Å². The van der Waals surface area contributed by atoms with Gasteiger partial charge in [-0.25, -0.2) is 0 Å². The Hall–Kier alpha value is 0.400. The van der Waals surface area contributed by atoms with Gasteiger partial charge in [0.05, 0.1) is 0 Å². The highest BCUT2D eigenvalue weighted by molar-refractivity contribution is 8.93. The van der Waals surface area contributed by atoms with Crippen molar-refractivity contribution in [3.05, 3.63) is 0 Å². The van der Waals surface area contributed by atoms with Crippen LogP contribution in [0, 0.1) is 5.41 Å². The van der Waals surface area contributed by atoms with Gasteiger partial charge in [-0.1, -0.05) is 188 Å². The van der Waals surface area contributed by atoms with Gasteiger partial charge >= 0.3 is 0 Å². The van der Waals surface area contributed by atoms with Crippen molar-refractivity contribution in [1.29, 1.82) is 0 Å². The molecule has 0 aliphatic heterocycles. The van der Waals surface area contributed by atoms with E-state index in [1.807, 2.05) is 0 Å². The molecule has 0 aromatic carbocycles. The van der Waals surface area contributed by atoms with Crippen LogP contribution >= 0.6 is 17.0 Å². The summed E-state index contributed by atoms with van der Waals surface area (Å²) in [4.78, 5) is 0. The van der Waals surface area contributed by atoms with Gasteiger partial charge in [-0.2, -0.15) is 0 Å². The predicted octanol–water partition coefficient (Wildman–Crippen LogP) is 13.3. The fraction of sp³-hybridized carbons (Fsp3) is 1.00. The normalized spacial score (nSPS) is 12.1. The SMILES string of the molecule is Br.CCCCCCCCCCCCCCCCCCCCCCCCCCCCNCCCCC(C)(C)C(C)(C)N. The zero-order valence-corrected chi connectivity index (χ0v) is 31.1. The molecule has 0 fully saturated rings. The van der Waals surface area contributed by atoms with Gasteiger partial charge in [-0.05, 0) is 51.6 Å². The molecular weight excluding hydrogens is 564 g/mol. The molecule has 0 unspecified atom stereocenters. The van der Waals surface area contributed by atoms with E-state index in [1.165, 1.54) is 199 Å². The Balaban J connectivity index is 0. The van der Waals surface area contributed by atoms with E-state index in [1.54, 1.807) is 0 Å². The molecule has 0 atom stereocenters. The minimum Gasteiger partial charge on any atom is -0.325 e. The lowest BCUT2D eigenvalue weighted by molar-refractivity contribution is 0.180. The second-order valence-corrected chi connectivity index (χ2v) is 14.7. The fourth-order valence-electron chi connectivity index (χ4n) is 5.83. The summed E-state index contributed by atoms with van der Waals surface area (Å²) in [7, 11) is 0. The molecule has 0 rings (SSSR count). The highest BCUT2D eigenvalue weighted by atomic mass is 79.9. The topological polar surface area (TPSA) is 38.0 Å². The summed E-state index contributed by atoms with van der Waals surface area (Å²) < 4.78 is 0. The number of unbranched alkanes of at least 4 members (excludes halogenated alkanes) is 26. The molecule has 0 aliphatic rings. The Morgan fingerprint density at radius 1 is 0.390 bits per heavy atom. The van der Waals surface area contributed by atoms with Crippen molar-refractivity contribution in [2.75, 3.05) is 13.1 Å². The maximum atomic E-state index is 6.31. The van der Waals surface area contributed by atoms with Crippen molar-refractivity contribution in [3.8, 4) is 0 Å². The smallest absolute Gasteiger partial charge is 0.0148 e. The molecule has 3 heteroatoms. The average Bonchev–Trinajstić information content (AvgIpc) is 2.91. The molecule has 0 heterocycles. The van der Waals surface area contributed by atoms with Crippen LogP contribution in [0.2, 0.25) is 0 Å². The van der Waals surface area contributed by atoms with E-state index in [0.29, 0.717) is 0 Å². The van der Waals surface area contributed by atoms with Gasteiger partial charge < -0.3 is 11.1 Å². The molecule has 0 amide bonds. The molecule has 250 valence electrons. The van der Waals surface area contributed by atoms with Crippen molar-refractivity contribution in [1.82, 2.24) is 5.32 Å². The molecule has 41 heavy (non-hydrogen) atoms. The molecule has 0 aromatic rings. The zero-order valence-electron chi connectivity index (χ0n) is 29.4. The lowest BCUT2D eigenvalue weighted by Crippen LogP contribution is -2.47. The Kier molecular flexibility index (Phi) is 33.8. The van der Waals surface area contributed by atoms with Gasteiger partial charge in [-0.15, -0.1) is 17.0 Å². The molecule has 0 aromatic heterocycles. The van der Waals surface area contributed by atoms with Crippen LogP contribution in [0.3, 0.4) is 0 Å². The van der Waals surface area contributed by atoms with Crippen molar-refractivity contribution in [2.45, 2.75) is 226 Å². The van der Waals surface area contributed by atoms with E-state index >= 15 is 0 Å². The van der Waals surface area contributed by atoms with Gasteiger partial charge in [-0.3, -0.25) is 0 Å². The molecule has 0 bridgehead atoms. The fourth-order valence-corrected chi connectivity index (χ4v) is 5.83. The van der Waals surface area contributed by atoms with E-state index in [9.17, 15) is 0 Å². The van der Waals surface area contributed by atoms with Gasteiger partial charge in [0.2, 0.25) is 0 Å². The van der Waals surface area contributed by atoms with Gasteiger partial charge in [0, 0.05) is 5.54 Å². The number of rotatable bonds is 33. The second kappa shape index (κ2) is 31.8. The zero-order chi connectivity index (χ0) is 29.6. The maximum absolute atomic E-state index is 6.31. The van der Waals surface area contributed by atoms with Gasteiger partial charge in [0.15, 0.2) is 0 Å². The first-order valence-corrected chi connectivity index (χ1v) is 18.8. The second-order valence-electron chi connectivity index (χ2n) is 14.7. The molecule has 0 spiro atoms. The summed E-state index contributed by atoms with van der Waals surface area (Å²) in [6.45, 7) is 13.6. The minimum atomic E-state index is -0.0917. The van der Waals surface area contributed by atoms with Crippen LogP contribution in [0.5, 0.6) is 0 Å². The van der Waals surface area contributed by atoms with Crippen LogP contribution < -0.4 is 11.1 Å². The van der Waals surface area contributed by atoms with E-state index in [4.69, 9.17) is 5.73 Å². The van der Waals surface area contributed by atoms with Crippen molar-refractivity contribution < 1.29 is 0 Å². The standard InChI is InChI=1S/C38H80N2.BrH/c1-6-7-8-9-10-11-12-13-14-15-16-17-18-19-20-21-22-23-24-25-26-27-28-29-30-32-35-40-36-33-31-34-37(2,3)38(4,5)39;/h40H,6-36,39H2,1-5H3;1H. The molecule has 0 radical (unpaired) electrons. The first kappa shape index (κ1) is 43.5. The van der Waals surface area contributed by atoms with Crippen LogP contribution in [-0.4, -0.2) is 18.6 Å². The molecule has 0 saturated carbocycles. The Morgan fingerprint density at radius 2 is 0.634 bits per heavy atom. The van der Waals surface area contributed by atoms with Crippen molar-refractivity contribution >= 4 is 17.0 Å². The predicted molar refractivity (Wildman–Crippen MR) is 195 cm³/mol. The van der Waals surface area contributed by atoms with Crippen LogP contribution in [0.25, 0.3) is 0 Å². The summed E-state index contributed by atoms with van der Waals surface area (Å²) in [5.41, 5.74) is 6.44. The number of nitrogens with two attached hydrogens (primary N) is 1. The summed E-state index contributed by atoms with van der Waals surface area (Å²) in [6.07, 6.45) is 41.8. The average molecular weight is 646 g/mol. The van der Waals surface area contributed by atoms with Crippen molar-refractivity contribution in [2.24, 2.45) is 11.1 Å². The molecule has 3 N–H and O–H groups in total. The third-order valence-electron chi connectivity index (χ3n) is 9.86. The largest absolute Gasteiger partial charge is 0.325 e. The summed E-state index contributed by atoms with van der Waals surface area (Å²) in [5, 5.41) is 3.65. The van der Waals surface area contributed by atoms with Crippen LogP contribution in [0.1, 0.15) is 221 Å². The molecule has 0 aliphatic carbocycles. The molecule has 0 saturated heterocycles. The van der Waals surface area contributed by atoms with E-state index in [2.05, 4.69) is 39.9 Å². The Bertz CT molecular complexity index is 485. The van der Waals surface area contributed by atoms with E-state index in [0.717, 1.165) is 0 Å². The monoisotopic (exact) mass is 645 g/mol. The Morgan fingerprint density at radius 3 is 0.902 bits per heavy atom. The van der Waals surface area contributed by atoms with E-state index < -0.39 is 0 Å². The summed E-state index contributed by atoms with van der Waals surface area (Å²) in [5.74, 6) is 0. The summed E-state index contributed by atoms with van der Waals surface area (Å²) in [6, 6.07) is 0. The van der Waals surface area contributed by atoms with Gasteiger partial charge in [0.1, 0.15) is 0 Å². The highest BCUT2D eigenvalue weighted by Gasteiger charge is 2.32. The minimum absolute atomic E-state index is 0. The van der Waals surface area contributed by atoms with E-state index in [-0.39, 0.29) is 27.9 Å². The number of halogens is 1. The quantitative estimate of drug-likeness (QED) is 0.0697. The number of nitrogens with one attached hydrogen (secondary N) is 1. The van der Waals surface area contributed by atoms with Crippen LogP contribution in [0.15, 0.2) is 0 Å². The van der Waals surface area contributed by atoms with Gasteiger partial charge in [0.25, 0.3) is 0 Å².